The van der Waals surface area contributed by atoms with Crippen LogP contribution in [0.3, 0.4) is 0 Å². The molecule has 0 amide bonds. The quantitative estimate of drug-likeness (QED) is 0.798. The van der Waals surface area contributed by atoms with E-state index in [1.807, 2.05) is 24.7 Å². The zero-order chi connectivity index (χ0) is 11.0. The molecule has 15 heavy (non-hydrogen) atoms. The molecule has 0 unspecified atom stereocenters. The van der Waals surface area contributed by atoms with E-state index in [4.69, 9.17) is 0 Å². The molecule has 1 aromatic carbocycles. The molecule has 0 atom stereocenters. The number of nitrogens with one attached hydrogen (secondary N) is 1. The first-order chi connectivity index (χ1) is 7.15. The highest BCUT2D eigenvalue weighted by Gasteiger charge is 2.10. The molecule has 0 radical (unpaired) electrons. The Bertz CT molecular complexity index is 500. The summed E-state index contributed by atoms with van der Waals surface area (Å²) in [5, 5.41) is 4.26. The van der Waals surface area contributed by atoms with Crippen molar-refractivity contribution >= 4 is 10.9 Å². The maximum atomic E-state index is 13.1. The van der Waals surface area contributed by atoms with Crippen molar-refractivity contribution in [2.45, 2.75) is 13.5 Å². The summed E-state index contributed by atoms with van der Waals surface area (Å²) in [6, 6.07) is 4.94. The van der Waals surface area contributed by atoms with Gasteiger partial charge in [0, 0.05) is 24.7 Å². The molecule has 3 heteroatoms. The molecule has 0 spiro atoms. The van der Waals surface area contributed by atoms with Crippen LogP contribution in [0.15, 0.2) is 18.2 Å². The molecule has 0 saturated carbocycles. The van der Waals surface area contributed by atoms with E-state index >= 15 is 0 Å². The number of aromatic nitrogens is 1. The number of halogens is 1. The van der Waals surface area contributed by atoms with Crippen molar-refractivity contribution in [2.75, 3.05) is 7.05 Å². The van der Waals surface area contributed by atoms with Gasteiger partial charge >= 0.3 is 0 Å². The van der Waals surface area contributed by atoms with Gasteiger partial charge in [0.25, 0.3) is 0 Å². The van der Waals surface area contributed by atoms with Gasteiger partial charge in [-0.25, -0.2) is 4.39 Å². The Morgan fingerprint density at radius 1 is 1.40 bits per heavy atom. The van der Waals surface area contributed by atoms with E-state index in [0.29, 0.717) is 0 Å². The van der Waals surface area contributed by atoms with Crippen LogP contribution < -0.4 is 5.32 Å². The summed E-state index contributed by atoms with van der Waals surface area (Å²) in [4.78, 5) is 0. The number of rotatable bonds is 2. The first-order valence-corrected chi connectivity index (χ1v) is 5.03. The lowest BCUT2D eigenvalue weighted by molar-refractivity contribution is 0.628. The maximum Gasteiger partial charge on any atom is 0.125 e. The molecule has 0 aliphatic heterocycles. The van der Waals surface area contributed by atoms with Gasteiger partial charge in [-0.3, -0.25) is 0 Å². The van der Waals surface area contributed by atoms with Crippen molar-refractivity contribution in [3.63, 3.8) is 0 Å². The number of benzene rings is 1. The van der Waals surface area contributed by atoms with Gasteiger partial charge in [-0.1, -0.05) is 0 Å². The van der Waals surface area contributed by atoms with Crippen LogP contribution in [0.1, 0.15) is 11.3 Å². The van der Waals surface area contributed by atoms with E-state index in [-0.39, 0.29) is 5.82 Å². The second kappa shape index (κ2) is 3.66. The lowest BCUT2D eigenvalue weighted by atomic mass is 10.1. The molecule has 1 heterocycles. The van der Waals surface area contributed by atoms with Gasteiger partial charge in [0.15, 0.2) is 0 Å². The Morgan fingerprint density at radius 2 is 2.13 bits per heavy atom. The smallest absolute Gasteiger partial charge is 0.125 e. The van der Waals surface area contributed by atoms with Crippen molar-refractivity contribution < 1.29 is 4.39 Å². The van der Waals surface area contributed by atoms with Gasteiger partial charge in [0.05, 0.1) is 5.52 Å². The Labute approximate surface area is 88.7 Å². The number of nitrogens with zero attached hydrogens (tertiary/aromatic N) is 1. The van der Waals surface area contributed by atoms with E-state index in [9.17, 15) is 4.39 Å². The Morgan fingerprint density at radius 3 is 2.80 bits per heavy atom. The lowest BCUT2D eigenvalue weighted by Gasteiger charge is -2.04. The van der Waals surface area contributed by atoms with Crippen LogP contribution in [0, 0.1) is 12.7 Å². The van der Waals surface area contributed by atoms with E-state index in [1.54, 1.807) is 6.07 Å². The molecule has 1 aromatic heterocycles. The van der Waals surface area contributed by atoms with Crippen LogP contribution in [-0.2, 0) is 13.6 Å². The molecular formula is C12H15FN2. The minimum atomic E-state index is -0.181. The fraction of sp³-hybridized carbons (Fsp3) is 0.333. The van der Waals surface area contributed by atoms with Gasteiger partial charge in [0.1, 0.15) is 5.82 Å². The molecular weight excluding hydrogens is 191 g/mol. The highest BCUT2D eigenvalue weighted by molar-refractivity contribution is 5.85. The van der Waals surface area contributed by atoms with E-state index < -0.39 is 0 Å². The van der Waals surface area contributed by atoms with Gasteiger partial charge < -0.3 is 9.88 Å². The van der Waals surface area contributed by atoms with Crippen molar-refractivity contribution in [1.29, 1.82) is 0 Å². The number of aryl methyl sites for hydroxylation is 2. The fourth-order valence-electron chi connectivity index (χ4n) is 2.07. The van der Waals surface area contributed by atoms with Crippen LogP contribution in [-0.4, -0.2) is 11.6 Å². The first-order valence-electron chi connectivity index (χ1n) is 5.03. The number of hydrogen-bond donors (Lipinski definition) is 1. The lowest BCUT2D eigenvalue weighted by Crippen LogP contribution is -2.10. The highest BCUT2D eigenvalue weighted by Crippen LogP contribution is 2.25. The minimum Gasteiger partial charge on any atom is -0.346 e. The number of hydrogen-bond acceptors (Lipinski definition) is 1. The molecule has 2 rings (SSSR count). The topological polar surface area (TPSA) is 17.0 Å². The monoisotopic (exact) mass is 206 g/mol. The van der Waals surface area contributed by atoms with Crippen LogP contribution in [0.5, 0.6) is 0 Å². The molecule has 2 aromatic rings. The molecule has 0 aliphatic rings. The predicted molar refractivity (Wildman–Crippen MR) is 60.4 cm³/mol. The average molecular weight is 206 g/mol. The summed E-state index contributed by atoms with van der Waals surface area (Å²) < 4.78 is 15.2. The standard InChI is InChI=1S/C12H15FN2/c1-8-10-5-4-9(13)6-11(10)15(3)12(8)7-14-2/h4-6,14H,7H2,1-3H3. The summed E-state index contributed by atoms with van der Waals surface area (Å²) in [6.45, 7) is 2.88. The van der Waals surface area contributed by atoms with Gasteiger partial charge in [-0.15, -0.1) is 0 Å². The molecule has 0 saturated heterocycles. The summed E-state index contributed by atoms with van der Waals surface area (Å²) >= 11 is 0. The fourth-order valence-corrected chi connectivity index (χ4v) is 2.07. The van der Waals surface area contributed by atoms with Crippen LogP contribution in [0.25, 0.3) is 10.9 Å². The molecule has 0 fully saturated rings. The molecule has 80 valence electrons. The summed E-state index contributed by atoms with van der Waals surface area (Å²) in [7, 11) is 3.89. The van der Waals surface area contributed by atoms with Gasteiger partial charge in [0.2, 0.25) is 0 Å². The Kier molecular flexibility index (Phi) is 2.49. The van der Waals surface area contributed by atoms with Crippen LogP contribution >= 0.6 is 0 Å². The molecule has 0 bridgehead atoms. The van der Waals surface area contributed by atoms with Crippen molar-refractivity contribution in [3.05, 3.63) is 35.3 Å². The Balaban J connectivity index is 2.73. The molecule has 2 nitrogen and oxygen atoms in total. The summed E-state index contributed by atoms with van der Waals surface area (Å²) in [5.74, 6) is -0.181. The third-order valence-electron chi connectivity index (χ3n) is 2.91. The van der Waals surface area contributed by atoms with Gasteiger partial charge in [-0.2, -0.15) is 0 Å². The van der Waals surface area contributed by atoms with E-state index in [0.717, 1.165) is 17.4 Å². The largest absolute Gasteiger partial charge is 0.346 e. The maximum absolute atomic E-state index is 13.1. The van der Waals surface area contributed by atoms with Crippen LogP contribution in [0.2, 0.25) is 0 Å². The van der Waals surface area contributed by atoms with E-state index in [2.05, 4.69) is 12.2 Å². The average Bonchev–Trinajstić information content (AvgIpc) is 2.44. The second-order valence-corrected chi connectivity index (χ2v) is 3.82. The van der Waals surface area contributed by atoms with Crippen LogP contribution in [0.4, 0.5) is 4.39 Å². The SMILES string of the molecule is CNCc1c(C)c2ccc(F)cc2n1C. The van der Waals surface area contributed by atoms with E-state index in [1.165, 1.54) is 17.3 Å². The zero-order valence-electron chi connectivity index (χ0n) is 9.26. The van der Waals surface area contributed by atoms with Crippen molar-refractivity contribution in [1.82, 2.24) is 9.88 Å². The zero-order valence-corrected chi connectivity index (χ0v) is 9.26. The minimum absolute atomic E-state index is 0.181. The molecule has 1 N–H and O–H groups in total. The molecule has 0 aliphatic carbocycles. The summed E-state index contributed by atoms with van der Waals surface area (Å²) in [6.07, 6.45) is 0. The summed E-state index contributed by atoms with van der Waals surface area (Å²) in [5.41, 5.74) is 3.39. The third-order valence-corrected chi connectivity index (χ3v) is 2.91. The number of fused-ring (bicyclic) bond motifs is 1. The normalized spacial score (nSPS) is 11.2. The van der Waals surface area contributed by atoms with Crippen molar-refractivity contribution in [3.8, 4) is 0 Å². The highest BCUT2D eigenvalue weighted by atomic mass is 19.1. The second-order valence-electron chi connectivity index (χ2n) is 3.82. The van der Waals surface area contributed by atoms with Crippen molar-refractivity contribution in [2.24, 2.45) is 7.05 Å². The third kappa shape index (κ3) is 1.53. The Hall–Kier alpha value is -1.35. The van der Waals surface area contributed by atoms with Gasteiger partial charge in [-0.05, 0) is 37.7 Å². The predicted octanol–water partition coefficient (Wildman–Crippen LogP) is 2.35. The first kappa shape index (κ1) is 10.2.